The number of hydrogen-bond donors (Lipinski definition) is 2. The molecule has 0 aromatic heterocycles. The number of carbonyl (C=O) groups excluding carboxylic acids is 1. The first-order chi connectivity index (χ1) is 7.09. The summed E-state index contributed by atoms with van der Waals surface area (Å²) >= 11 is 0. The molecule has 0 radical (unpaired) electrons. The van der Waals surface area contributed by atoms with Gasteiger partial charge in [-0.2, -0.15) is 0 Å². The van der Waals surface area contributed by atoms with E-state index in [1.807, 2.05) is 13.8 Å². The van der Waals surface area contributed by atoms with Crippen LogP contribution in [-0.4, -0.2) is 11.0 Å². The Bertz CT molecular complexity index is 291. The number of rotatable bonds is 2. The van der Waals surface area contributed by atoms with E-state index in [9.17, 15) is 9.90 Å². The van der Waals surface area contributed by atoms with E-state index in [0.29, 0.717) is 0 Å². The number of benzene rings is 1. The molecule has 0 aliphatic carbocycles. The van der Waals surface area contributed by atoms with E-state index >= 15 is 0 Å². The van der Waals surface area contributed by atoms with Crippen LogP contribution in [0.4, 0.5) is 5.69 Å². The standard InChI is InChI=1S/C10H13NO2.C2H6/c1-7(12)9-3-5-10(6-4-9)11-8(2)13;1-2/h3-7,12H,1-2H3,(H,11,13);1-2H3. The number of aliphatic hydroxyl groups is 1. The summed E-state index contributed by atoms with van der Waals surface area (Å²) in [5, 5.41) is 11.9. The van der Waals surface area contributed by atoms with E-state index < -0.39 is 6.10 Å². The Balaban J connectivity index is 0.000000921. The van der Waals surface area contributed by atoms with Crippen LogP contribution in [0.5, 0.6) is 0 Å². The molecular formula is C12H19NO2. The van der Waals surface area contributed by atoms with Gasteiger partial charge in [-0.15, -0.1) is 0 Å². The maximum absolute atomic E-state index is 10.7. The lowest BCUT2D eigenvalue weighted by Gasteiger charge is -2.06. The van der Waals surface area contributed by atoms with E-state index in [2.05, 4.69) is 5.32 Å². The van der Waals surface area contributed by atoms with Gasteiger partial charge in [0.15, 0.2) is 0 Å². The Morgan fingerprint density at radius 1 is 1.27 bits per heavy atom. The van der Waals surface area contributed by atoms with Crippen LogP contribution in [0.1, 0.15) is 39.4 Å². The van der Waals surface area contributed by atoms with Crippen molar-refractivity contribution >= 4 is 11.6 Å². The first-order valence-corrected chi connectivity index (χ1v) is 5.15. The fraction of sp³-hybridized carbons (Fsp3) is 0.417. The monoisotopic (exact) mass is 209 g/mol. The number of carbonyl (C=O) groups is 1. The number of anilines is 1. The van der Waals surface area contributed by atoms with Crippen LogP contribution in [0.2, 0.25) is 0 Å². The Hall–Kier alpha value is -1.35. The van der Waals surface area contributed by atoms with Crippen molar-refractivity contribution in [3.05, 3.63) is 29.8 Å². The number of aliphatic hydroxyl groups excluding tert-OH is 1. The Morgan fingerprint density at radius 3 is 2.07 bits per heavy atom. The molecule has 84 valence electrons. The summed E-state index contributed by atoms with van der Waals surface area (Å²) in [5.74, 6) is -0.0928. The second-order valence-corrected chi connectivity index (χ2v) is 2.98. The fourth-order valence-electron chi connectivity index (χ4n) is 1.05. The van der Waals surface area contributed by atoms with Crippen LogP contribution < -0.4 is 5.32 Å². The molecule has 1 rings (SSSR count). The molecule has 0 saturated carbocycles. The van der Waals surface area contributed by atoms with Gasteiger partial charge < -0.3 is 10.4 Å². The second-order valence-electron chi connectivity index (χ2n) is 2.98. The van der Waals surface area contributed by atoms with Crippen LogP contribution in [0.3, 0.4) is 0 Å². The van der Waals surface area contributed by atoms with Gasteiger partial charge in [-0.25, -0.2) is 0 Å². The summed E-state index contributed by atoms with van der Waals surface area (Å²) in [6, 6.07) is 7.11. The topological polar surface area (TPSA) is 49.3 Å². The van der Waals surface area contributed by atoms with Gasteiger partial charge in [-0.1, -0.05) is 26.0 Å². The third-order valence-corrected chi connectivity index (χ3v) is 1.71. The Kier molecular flexibility index (Phi) is 6.38. The van der Waals surface area contributed by atoms with E-state index in [1.54, 1.807) is 31.2 Å². The van der Waals surface area contributed by atoms with Crippen LogP contribution in [-0.2, 0) is 4.79 Å². The van der Waals surface area contributed by atoms with Gasteiger partial charge in [-0.05, 0) is 24.6 Å². The van der Waals surface area contributed by atoms with E-state index in [0.717, 1.165) is 11.3 Å². The van der Waals surface area contributed by atoms with Crippen LogP contribution >= 0.6 is 0 Å². The third-order valence-electron chi connectivity index (χ3n) is 1.71. The average Bonchev–Trinajstić information content (AvgIpc) is 2.20. The lowest BCUT2D eigenvalue weighted by atomic mass is 10.1. The predicted molar refractivity (Wildman–Crippen MR) is 62.7 cm³/mol. The molecule has 0 aliphatic heterocycles. The highest BCUT2D eigenvalue weighted by Gasteiger charge is 2.00. The molecule has 2 N–H and O–H groups in total. The summed E-state index contributed by atoms with van der Waals surface area (Å²) in [6.45, 7) is 7.16. The molecule has 3 heteroatoms. The molecule has 1 amide bonds. The molecule has 3 nitrogen and oxygen atoms in total. The minimum atomic E-state index is -0.466. The first-order valence-electron chi connectivity index (χ1n) is 5.15. The van der Waals surface area contributed by atoms with E-state index in [-0.39, 0.29) is 5.91 Å². The Morgan fingerprint density at radius 2 is 1.73 bits per heavy atom. The van der Waals surface area contributed by atoms with Gasteiger partial charge in [-0.3, -0.25) is 4.79 Å². The van der Waals surface area contributed by atoms with Gasteiger partial charge in [0.1, 0.15) is 0 Å². The van der Waals surface area contributed by atoms with Crippen molar-refractivity contribution in [3.8, 4) is 0 Å². The minimum absolute atomic E-state index is 0.0928. The minimum Gasteiger partial charge on any atom is -0.389 e. The lowest BCUT2D eigenvalue weighted by Crippen LogP contribution is -2.05. The number of amides is 1. The summed E-state index contributed by atoms with van der Waals surface area (Å²) in [7, 11) is 0. The molecule has 15 heavy (non-hydrogen) atoms. The highest BCUT2D eigenvalue weighted by atomic mass is 16.3. The van der Waals surface area contributed by atoms with Crippen molar-refractivity contribution < 1.29 is 9.90 Å². The molecule has 0 fully saturated rings. The zero-order valence-electron chi connectivity index (χ0n) is 9.74. The molecule has 0 spiro atoms. The van der Waals surface area contributed by atoms with Gasteiger partial charge in [0.25, 0.3) is 0 Å². The summed E-state index contributed by atoms with van der Waals surface area (Å²) in [6.07, 6.45) is -0.466. The van der Waals surface area contributed by atoms with E-state index in [1.165, 1.54) is 6.92 Å². The Labute approximate surface area is 91.1 Å². The van der Waals surface area contributed by atoms with Gasteiger partial charge in [0.05, 0.1) is 6.10 Å². The third kappa shape index (κ3) is 5.18. The molecule has 1 aromatic carbocycles. The maximum atomic E-state index is 10.7. The summed E-state index contributed by atoms with van der Waals surface area (Å²) in [4.78, 5) is 10.7. The molecule has 0 heterocycles. The molecular weight excluding hydrogens is 190 g/mol. The van der Waals surface area contributed by atoms with Crippen molar-refractivity contribution in [2.24, 2.45) is 0 Å². The van der Waals surface area contributed by atoms with Crippen LogP contribution in [0.15, 0.2) is 24.3 Å². The highest BCUT2D eigenvalue weighted by Crippen LogP contribution is 2.15. The molecule has 0 aliphatic rings. The zero-order valence-corrected chi connectivity index (χ0v) is 9.74. The smallest absolute Gasteiger partial charge is 0.221 e. The number of nitrogens with one attached hydrogen (secondary N) is 1. The summed E-state index contributed by atoms with van der Waals surface area (Å²) < 4.78 is 0. The molecule has 1 atom stereocenters. The van der Waals surface area contributed by atoms with Crippen molar-refractivity contribution in [1.29, 1.82) is 0 Å². The van der Waals surface area contributed by atoms with Crippen LogP contribution in [0.25, 0.3) is 0 Å². The van der Waals surface area contributed by atoms with Crippen molar-refractivity contribution in [2.45, 2.75) is 33.8 Å². The first kappa shape index (κ1) is 13.7. The highest BCUT2D eigenvalue weighted by molar-refractivity contribution is 5.88. The quantitative estimate of drug-likeness (QED) is 0.786. The predicted octanol–water partition coefficient (Wildman–Crippen LogP) is 2.72. The molecule has 1 unspecified atom stereocenters. The molecule has 1 aromatic rings. The zero-order chi connectivity index (χ0) is 11.8. The van der Waals surface area contributed by atoms with Crippen molar-refractivity contribution in [1.82, 2.24) is 0 Å². The molecule has 0 bridgehead atoms. The molecule has 0 saturated heterocycles. The van der Waals surface area contributed by atoms with Crippen LogP contribution in [0, 0.1) is 0 Å². The largest absolute Gasteiger partial charge is 0.389 e. The summed E-state index contributed by atoms with van der Waals surface area (Å²) in [5.41, 5.74) is 1.59. The van der Waals surface area contributed by atoms with Crippen molar-refractivity contribution in [2.75, 3.05) is 5.32 Å². The second kappa shape index (κ2) is 7.01. The number of hydrogen-bond acceptors (Lipinski definition) is 2. The fourth-order valence-corrected chi connectivity index (χ4v) is 1.05. The van der Waals surface area contributed by atoms with E-state index in [4.69, 9.17) is 0 Å². The van der Waals surface area contributed by atoms with Gasteiger partial charge in [0.2, 0.25) is 5.91 Å². The maximum Gasteiger partial charge on any atom is 0.221 e. The normalized spacial score (nSPS) is 11.0. The van der Waals surface area contributed by atoms with Crippen molar-refractivity contribution in [3.63, 3.8) is 0 Å². The lowest BCUT2D eigenvalue weighted by molar-refractivity contribution is -0.114. The van der Waals surface area contributed by atoms with Gasteiger partial charge >= 0.3 is 0 Å². The van der Waals surface area contributed by atoms with Gasteiger partial charge in [0, 0.05) is 12.6 Å². The SMILES string of the molecule is CC.CC(=O)Nc1ccc(C(C)O)cc1. The average molecular weight is 209 g/mol.